The van der Waals surface area contributed by atoms with Crippen LogP contribution in [-0.4, -0.2) is 53.9 Å². The van der Waals surface area contributed by atoms with E-state index >= 15 is 0 Å². The zero-order chi connectivity index (χ0) is 20.4. The van der Waals surface area contributed by atoms with E-state index in [0.717, 1.165) is 30.2 Å². The maximum atomic E-state index is 13.2. The number of nitrogens with zero attached hydrogens (tertiary/aromatic N) is 4. The fraction of sp³-hybridized carbons (Fsp3) is 0.273. The van der Waals surface area contributed by atoms with Crippen LogP contribution in [0.4, 0.5) is 5.69 Å². The van der Waals surface area contributed by atoms with Gasteiger partial charge in [0.1, 0.15) is 10.9 Å². The summed E-state index contributed by atoms with van der Waals surface area (Å²) in [6, 6.07) is 17.5. The van der Waals surface area contributed by atoms with Crippen LogP contribution in [0.1, 0.15) is 16.1 Å². The number of para-hydroxylation sites is 3. The van der Waals surface area contributed by atoms with Gasteiger partial charge in [-0.2, -0.15) is 5.10 Å². The third kappa shape index (κ3) is 3.68. The third-order valence-electron chi connectivity index (χ3n) is 5.21. The van der Waals surface area contributed by atoms with Gasteiger partial charge in [-0.05, 0) is 31.2 Å². The van der Waals surface area contributed by atoms with E-state index in [1.807, 2.05) is 66.4 Å². The van der Waals surface area contributed by atoms with Crippen LogP contribution in [0.15, 0.2) is 54.6 Å². The number of hydrogen-bond acceptors (Lipinski definition) is 4. The average molecular weight is 411 g/mol. The van der Waals surface area contributed by atoms with Crippen LogP contribution in [0.25, 0.3) is 5.69 Å². The molecule has 2 aromatic carbocycles. The molecular formula is C22H23ClN4O2. The molecule has 29 heavy (non-hydrogen) atoms. The van der Waals surface area contributed by atoms with Crippen molar-refractivity contribution in [1.82, 2.24) is 14.7 Å². The molecule has 0 N–H and O–H groups in total. The number of carbonyl (C=O) groups excluding carboxylic acids is 1. The maximum absolute atomic E-state index is 13.2. The van der Waals surface area contributed by atoms with Crippen molar-refractivity contribution < 1.29 is 9.53 Å². The summed E-state index contributed by atoms with van der Waals surface area (Å²) in [5.41, 5.74) is 2.99. The van der Waals surface area contributed by atoms with Gasteiger partial charge in [0.15, 0.2) is 0 Å². The van der Waals surface area contributed by atoms with E-state index in [4.69, 9.17) is 16.3 Å². The molecule has 7 heteroatoms. The zero-order valence-electron chi connectivity index (χ0n) is 16.5. The number of halogens is 1. The largest absolute Gasteiger partial charge is 0.495 e. The van der Waals surface area contributed by atoms with Crippen LogP contribution in [0.3, 0.4) is 0 Å². The van der Waals surface area contributed by atoms with Crippen molar-refractivity contribution in [1.29, 1.82) is 0 Å². The van der Waals surface area contributed by atoms with Gasteiger partial charge >= 0.3 is 0 Å². The first kappa shape index (κ1) is 19.3. The predicted molar refractivity (Wildman–Crippen MR) is 114 cm³/mol. The molecule has 1 aliphatic heterocycles. The lowest BCUT2D eigenvalue weighted by atomic mass is 10.2. The lowest BCUT2D eigenvalue weighted by Gasteiger charge is -2.36. The molecule has 3 aromatic rings. The summed E-state index contributed by atoms with van der Waals surface area (Å²) in [4.78, 5) is 17.3. The molecule has 0 aliphatic carbocycles. The predicted octanol–water partition coefficient (Wildman–Crippen LogP) is 3.81. The molecule has 4 rings (SSSR count). The normalized spacial score (nSPS) is 14.2. The second kappa shape index (κ2) is 8.17. The van der Waals surface area contributed by atoms with E-state index in [9.17, 15) is 4.79 Å². The number of amides is 1. The average Bonchev–Trinajstić information content (AvgIpc) is 3.08. The minimum Gasteiger partial charge on any atom is -0.495 e. The van der Waals surface area contributed by atoms with Crippen molar-refractivity contribution >= 4 is 23.2 Å². The van der Waals surface area contributed by atoms with Crippen LogP contribution in [0, 0.1) is 6.92 Å². The first-order chi connectivity index (χ1) is 14.1. The number of methoxy groups -OCH3 is 1. The molecule has 0 unspecified atom stereocenters. The van der Waals surface area contributed by atoms with Crippen LogP contribution in [0.5, 0.6) is 5.75 Å². The molecule has 150 valence electrons. The number of carbonyl (C=O) groups is 1. The lowest BCUT2D eigenvalue weighted by molar-refractivity contribution is 0.0746. The van der Waals surface area contributed by atoms with Gasteiger partial charge in [-0.3, -0.25) is 4.79 Å². The van der Waals surface area contributed by atoms with E-state index in [1.54, 1.807) is 11.8 Å². The number of anilines is 1. The maximum Gasteiger partial charge on any atom is 0.259 e. The van der Waals surface area contributed by atoms with E-state index in [0.29, 0.717) is 29.5 Å². The first-order valence-corrected chi connectivity index (χ1v) is 9.95. The molecule has 0 saturated carbocycles. The molecule has 0 bridgehead atoms. The van der Waals surface area contributed by atoms with Crippen molar-refractivity contribution in [2.75, 3.05) is 38.2 Å². The zero-order valence-corrected chi connectivity index (χ0v) is 17.3. The van der Waals surface area contributed by atoms with Crippen LogP contribution < -0.4 is 9.64 Å². The van der Waals surface area contributed by atoms with E-state index < -0.39 is 0 Å². The Bertz CT molecular complexity index is 1010. The summed E-state index contributed by atoms with van der Waals surface area (Å²) in [6.45, 7) is 4.52. The van der Waals surface area contributed by atoms with Crippen LogP contribution >= 0.6 is 11.6 Å². The molecule has 1 aromatic heterocycles. The molecule has 0 radical (unpaired) electrons. The summed E-state index contributed by atoms with van der Waals surface area (Å²) in [5.74, 6) is 0.768. The number of piperazine rings is 1. The van der Waals surface area contributed by atoms with E-state index in [2.05, 4.69) is 10.00 Å². The summed E-state index contributed by atoms with van der Waals surface area (Å²) >= 11 is 6.57. The molecular weight excluding hydrogens is 388 g/mol. The summed E-state index contributed by atoms with van der Waals surface area (Å²) in [5, 5.41) is 4.84. The number of hydrogen-bond donors (Lipinski definition) is 0. The Labute approximate surface area is 175 Å². The van der Waals surface area contributed by atoms with Crippen LogP contribution in [0.2, 0.25) is 5.15 Å². The standard InChI is InChI=1S/C22H23ClN4O2/c1-16-20(21(23)27(24-16)17-8-4-3-5-9-17)22(28)26-14-12-25(13-15-26)18-10-6-7-11-19(18)29-2/h3-11H,12-15H2,1-2H3. The highest BCUT2D eigenvalue weighted by molar-refractivity contribution is 6.33. The smallest absolute Gasteiger partial charge is 0.259 e. The molecule has 0 spiro atoms. The number of aromatic nitrogens is 2. The molecule has 1 aliphatic rings. The van der Waals surface area contributed by atoms with E-state index in [-0.39, 0.29) is 5.91 Å². The lowest BCUT2D eigenvalue weighted by Crippen LogP contribution is -2.49. The Morgan fingerprint density at radius 2 is 1.66 bits per heavy atom. The molecule has 2 heterocycles. The topological polar surface area (TPSA) is 50.6 Å². The molecule has 1 amide bonds. The third-order valence-corrected chi connectivity index (χ3v) is 5.56. The summed E-state index contributed by atoms with van der Waals surface area (Å²) < 4.78 is 7.09. The second-order valence-electron chi connectivity index (χ2n) is 6.95. The van der Waals surface area contributed by atoms with Crippen molar-refractivity contribution in [3.8, 4) is 11.4 Å². The number of rotatable bonds is 4. The minimum atomic E-state index is -0.0747. The van der Waals surface area contributed by atoms with Gasteiger partial charge in [0.05, 0.1) is 29.7 Å². The van der Waals surface area contributed by atoms with Gasteiger partial charge in [-0.15, -0.1) is 0 Å². The van der Waals surface area contributed by atoms with Crippen molar-refractivity contribution in [2.24, 2.45) is 0 Å². The van der Waals surface area contributed by atoms with Crippen LogP contribution in [-0.2, 0) is 0 Å². The quantitative estimate of drug-likeness (QED) is 0.656. The number of ether oxygens (including phenoxy) is 1. The fourth-order valence-corrected chi connectivity index (χ4v) is 4.03. The Balaban J connectivity index is 1.51. The summed E-state index contributed by atoms with van der Waals surface area (Å²) in [7, 11) is 1.67. The minimum absolute atomic E-state index is 0.0747. The summed E-state index contributed by atoms with van der Waals surface area (Å²) in [6.07, 6.45) is 0. The first-order valence-electron chi connectivity index (χ1n) is 9.58. The number of aryl methyl sites for hydroxylation is 1. The van der Waals surface area contributed by atoms with E-state index in [1.165, 1.54) is 0 Å². The second-order valence-corrected chi connectivity index (χ2v) is 7.31. The molecule has 0 atom stereocenters. The Kier molecular flexibility index (Phi) is 5.45. The highest BCUT2D eigenvalue weighted by Crippen LogP contribution is 2.29. The van der Waals surface area contributed by atoms with Gasteiger partial charge < -0.3 is 14.5 Å². The molecule has 1 fully saturated rings. The Morgan fingerprint density at radius 3 is 2.34 bits per heavy atom. The van der Waals surface area contributed by atoms with Crippen molar-refractivity contribution in [3.05, 3.63) is 71.0 Å². The van der Waals surface area contributed by atoms with Gasteiger partial charge in [-0.1, -0.05) is 41.9 Å². The van der Waals surface area contributed by atoms with Gasteiger partial charge in [0.25, 0.3) is 5.91 Å². The SMILES string of the molecule is COc1ccccc1N1CCN(C(=O)c2c(C)nn(-c3ccccc3)c2Cl)CC1. The Hall–Kier alpha value is -2.99. The monoisotopic (exact) mass is 410 g/mol. The Morgan fingerprint density at radius 1 is 1.00 bits per heavy atom. The van der Waals surface area contributed by atoms with Crippen molar-refractivity contribution in [3.63, 3.8) is 0 Å². The highest BCUT2D eigenvalue weighted by Gasteiger charge is 2.28. The molecule has 6 nitrogen and oxygen atoms in total. The van der Waals surface area contributed by atoms with Crippen molar-refractivity contribution in [2.45, 2.75) is 6.92 Å². The fourth-order valence-electron chi connectivity index (χ4n) is 3.68. The molecule has 1 saturated heterocycles. The highest BCUT2D eigenvalue weighted by atomic mass is 35.5. The number of benzene rings is 2. The van der Waals surface area contributed by atoms with Gasteiger partial charge in [0.2, 0.25) is 0 Å². The van der Waals surface area contributed by atoms with Gasteiger partial charge in [-0.25, -0.2) is 4.68 Å². The van der Waals surface area contributed by atoms with Gasteiger partial charge in [0, 0.05) is 26.2 Å².